The molecule has 0 spiro atoms. The van der Waals surface area contributed by atoms with Gasteiger partial charge in [0.15, 0.2) is 5.78 Å². The van der Waals surface area contributed by atoms with Gasteiger partial charge in [-0.05, 0) is 12.8 Å². The second-order valence-corrected chi connectivity index (χ2v) is 5.46. The van der Waals surface area contributed by atoms with Crippen molar-refractivity contribution in [3.63, 3.8) is 0 Å². The molecule has 1 fully saturated rings. The fourth-order valence-electron chi connectivity index (χ4n) is 0.958. The molecule has 74 valence electrons. The van der Waals surface area contributed by atoms with E-state index in [1.165, 1.54) is 0 Å². The molecule has 0 aromatic heterocycles. The van der Waals surface area contributed by atoms with E-state index in [9.17, 15) is 9.59 Å². The molecule has 1 saturated carbocycles. The monoisotopic (exact) mass is 202 g/mol. The van der Waals surface area contributed by atoms with Gasteiger partial charge in [0.25, 0.3) is 0 Å². The van der Waals surface area contributed by atoms with Crippen LogP contribution in [0.1, 0.15) is 40.0 Å². The molecule has 3 heteroatoms. The molecule has 0 bridgehead atoms. The zero-order valence-corrected chi connectivity index (χ0v) is 9.07. The van der Waals surface area contributed by atoms with Gasteiger partial charge < -0.3 is 0 Å². The first-order valence-electron chi connectivity index (χ1n) is 4.51. The number of hydrogen-bond donors (Lipinski definition) is 0. The van der Waals surface area contributed by atoms with Crippen LogP contribution in [0, 0.1) is 5.41 Å². The highest BCUT2D eigenvalue weighted by atomic mass is 35.5. The van der Waals surface area contributed by atoms with E-state index in [2.05, 4.69) is 0 Å². The van der Waals surface area contributed by atoms with Crippen molar-refractivity contribution in [1.82, 2.24) is 0 Å². The van der Waals surface area contributed by atoms with E-state index < -0.39 is 10.3 Å². The van der Waals surface area contributed by atoms with Crippen molar-refractivity contribution >= 4 is 23.2 Å². The average molecular weight is 203 g/mol. The summed E-state index contributed by atoms with van der Waals surface area (Å²) in [6.45, 7) is 5.45. The van der Waals surface area contributed by atoms with Crippen LogP contribution < -0.4 is 0 Å². The lowest BCUT2D eigenvalue weighted by molar-refractivity contribution is -0.131. The summed E-state index contributed by atoms with van der Waals surface area (Å²) in [7, 11) is 0. The first kappa shape index (κ1) is 10.7. The fraction of sp³-hybridized carbons (Fsp3) is 0.800. The maximum atomic E-state index is 11.5. The Hall–Kier alpha value is -0.370. The minimum atomic E-state index is -0.680. The van der Waals surface area contributed by atoms with Gasteiger partial charge in [-0.1, -0.05) is 20.8 Å². The van der Waals surface area contributed by atoms with Crippen molar-refractivity contribution in [2.75, 3.05) is 0 Å². The summed E-state index contributed by atoms with van der Waals surface area (Å²) in [5, 5.41) is 0. The Morgan fingerprint density at radius 2 is 1.77 bits per heavy atom. The maximum Gasteiger partial charge on any atom is 0.161 e. The molecule has 1 aliphatic carbocycles. The number of carbonyl (C=O) groups is 2. The summed E-state index contributed by atoms with van der Waals surface area (Å²) in [4.78, 5) is 22.2. The molecular weight excluding hydrogens is 188 g/mol. The highest BCUT2D eigenvalue weighted by Gasteiger charge is 2.48. The predicted molar refractivity (Wildman–Crippen MR) is 51.9 cm³/mol. The lowest BCUT2D eigenvalue weighted by Crippen LogP contribution is -2.27. The second kappa shape index (κ2) is 3.09. The lowest BCUT2D eigenvalue weighted by Gasteiger charge is -2.16. The molecular formula is C10H15ClO2. The lowest BCUT2D eigenvalue weighted by atomic mass is 9.87. The molecule has 0 aliphatic heterocycles. The predicted octanol–water partition coefficient (Wildman–Crippen LogP) is 2.33. The average Bonchev–Trinajstić information content (AvgIpc) is 2.67. The van der Waals surface area contributed by atoms with Crippen LogP contribution in [0.25, 0.3) is 0 Å². The van der Waals surface area contributed by atoms with Crippen molar-refractivity contribution in [3.8, 4) is 0 Å². The van der Waals surface area contributed by atoms with E-state index >= 15 is 0 Å². The van der Waals surface area contributed by atoms with Crippen molar-refractivity contribution in [3.05, 3.63) is 0 Å². The van der Waals surface area contributed by atoms with Crippen LogP contribution in [-0.2, 0) is 9.59 Å². The Balaban J connectivity index is 2.50. The van der Waals surface area contributed by atoms with Crippen molar-refractivity contribution in [1.29, 1.82) is 0 Å². The highest BCUT2D eigenvalue weighted by molar-refractivity contribution is 6.38. The molecule has 0 saturated heterocycles. The SMILES string of the molecule is CC(C)(C)C(=O)CC(=O)C1(Cl)CC1. The van der Waals surface area contributed by atoms with Crippen molar-refractivity contribution < 1.29 is 9.59 Å². The molecule has 0 heterocycles. The van der Waals surface area contributed by atoms with Gasteiger partial charge in [-0.25, -0.2) is 0 Å². The van der Waals surface area contributed by atoms with Gasteiger partial charge >= 0.3 is 0 Å². The number of carbonyl (C=O) groups excluding carboxylic acids is 2. The molecule has 0 aromatic carbocycles. The number of hydrogen-bond acceptors (Lipinski definition) is 2. The first-order chi connectivity index (χ1) is 5.76. The normalized spacial score (nSPS) is 19.7. The van der Waals surface area contributed by atoms with Crippen LogP contribution in [0.2, 0.25) is 0 Å². The van der Waals surface area contributed by atoms with E-state index in [0.717, 1.165) is 12.8 Å². The number of alkyl halides is 1. The third-order valence-electron chi connectivity index (χ3n) is 2.35. The quantitative estimate of drug-likeness (QED) is 0.520. The van der Waals surface area contributed by atoms with Crippen LogP contribution in [0.5, 0.6) is 0 Å². The van der Waals surface area contributed by atoms with Crippen LogP contribution in [0.3, 0.4) is 0 Å². The van der Waals surface area contributed by atoms with Gasteiger partial charge in [0.1, 0.15) is 10.7 Å². The van der Waals surface area contributed by atoms with E-state index in [4.69, 9.17) is 11.6 Å². The molecule has 0 amide bonds. The van der Waals surface area contributed by atoms with E-state index in [1.807, 2.05) is 20.8 Å². The van der Waals surface area contributed by atoms with Crippen LogP contribution >= 0.6 is 11.6 Å². The molecule has 2 nitrogen and oxygen atoms in total. The van der Waals surface area contributed by atoms with Gasteiger partial charge in [0.05, 0.1) is 6.42 Å². The Labute approximate surface area is 83.6 Å². The van der Waals surface area contributed by atoms with Gasteiger partial charge in [-0.3, -0.25) is 9.59 Å². The molecule has 0 unspecified atom stereocenters. The van der Waals surface area contributed by atoms with Crippen LogP contribution in [0.4, 0.5) is 0 Å². The number of Topliss-reactive ketones (excluding diaryl/α,β-unsaturated/α-hetero) is 2. The highest BCUT2D eigenvalue weighted by Crippen LogP contribution is 2.44. The summed E-state index contributed by atoms with van der Waals surface area (Å²) in [5.41, 5.74) is -0.433. The molecule has 0 atom stereocenters. The number of rotatable bonds is 3. The third kappa shape index (κ3) is 2.53. The van der Waals surface area contributed by atoms with E-state index in [0.29, 0.717) is 0 Å². The Morgan fingerprint density at radius 3 is 2.08 bits per heavy atom. The van der Waals surface area contributed by atoms with Gasteiger partial charge in [0.2, 0.25) is 0 Å². The summed E-state index contributed by atoms with van der Waals surface area (Å²) in [6, 6.07) is 0. The minimum absolute atomic E-state index is 0.00694. The first-order valence-corrected chi connectivity index (χ1v) is 4.89. The standard InChI is InChI=1S/C10H15ClO2/c1-9(2,3)7(12)6-8(13)10(11)4-5-10/h4-6H2,1-3H3. The van der Waals surface area contributed by atoms with Crippen molar-refractivity contribution in [2.45, 2.75) is 44.9 Å². The van der Waals surface area contributed by atoms with Gasteiger partial charge in [-0.15, -0.1) is 11.6 Å². The summed E-state index contributed by atoms with van der Waals surface area (Å²) < 4.78 is 0. The van der Waals surface area contributed by atoms with Gasteiger partial charge in [0, 0.05) is 5.41 Å². The topological polar surface area (TPSA) is 34.1 Å². The smallest absolute Gasteiger partial charge is 0.161 e. The zero-order valence-electron chi connectivity index (χ0n) is 8.32. The van der Waals surface area contributed by atoms with Crippen molar-refractivity contribution in [2.24, 2.45) is 5.41 Å². The molecule has 0 radical (unpaired) electrons. The summed E-state index contributed by atoms with van der Waals surface area (Å²) >= 11 is 5.89. The second-order valence-electron chi connectivity index (χ2n) is 4.74. The Kier molecular flexibility index (Phi) is 2.54. The zero-order chi connectivity index (χ0) is 10.3. The number of ketones is 2. The van der Waals surface area contributed by atoms with E-state index in [1.54, 1.807) is 0 Å². The third-order valence-corrected chi connectivity index (χ3v) is 2.94. The molecule has 13 heavy (non-hydrogen) atoms. The Bertz CT molecular complexity index is 231. The summed E-state index contributed by atoms with van der Waals surface area (Å²) in [5.74, 6) is -0.126. The number of halogens is 1. The fourth-order valence-corrected chi connectivity index (χ4v) is 1.12. The van der Waals surface area contributed by atoms with E-state index in [-0.39, 0.29) is 18.0 Å². The minimum Gasteiger partial charge on any atom is -0.299 e. The maximum absolute atomic E-state index is 11.5. The van der Waals surface area contributed by atoms with Crippen LogP contribution in [0.15, 0.2) is 0 Å². The molecule has 0 N–H and O–H groups in total. The largest absolute Gasteiger partial charge is 0.299 e. The van der Waals surface area contributed by atoms with Gasteiger partial charge in [-0.2, -0.15) is 0 Å². The molecule has 1 rings (SSSR count). The summed E-state index contributed by atoms with van der Waals surface area (Å²) in [6.07, 6.45) is 1.45. The molecule has 1 aliphatic rings. The Morgan fingerprint density at radius 1 is 1.31 bits per heavy atom. The molecule has 0 aromatic rings. The van der Waals surface area contributed by atoms with Crippen LogP contribution in [-0.4, -0.2) is 16.4 Å².